The van der Waals surface area contributed by atoms with Crippen LogP contribution in [0.15, 0.2) is 24.3 Å². The quantitative estimate of drug-likeness (QED) is 0.918. The fraction of sp³-hybridized carbons (Fsp3) is 0.579. The molecule has 1 saturated carbocycles. The van der Waals surface area contributed by atoms with Crippen LogP contribution < -0.4 is 0 Å². The lowest BCUT2D eigenvalue weighted by atomic mass is 10.1. The lowest BCUT2D eigenvalue weighted by Crippen LogP contribution is -2.40. The molecule has 2 fully saturated rings. The summed E-state index contributed by atoms with van der Waals surface area (Å²) in [4.78, 5) is 16.6. The van der Waals surface area contributed by atoms with Crippen LogP contribution in [0.2, 0.25) is 0 Å². The van der Waals surface area contributed by atoms with Crippen LogP contribution in [0, 0.1) is 17.2 Å². The molecule has 0 bridgehead atoms. The van der Waals surface area contributed by atoms with Crippen molar-refractivity contribution < 1.29 is 9.90 Å². The number of aliphatic hydroxyl groups excluding tert-OH is 1. The third-order valence-electron chi connectivity index (χ3n) is 5.06. The van der Waals surface area contributed by atoms with Gasteiger partial charge in [-0.3, -0.25) is 9.69 Å². The SMILES string of the molecule is N#Cc1cccc(CN2CCN(C(=O)C3CCCC3)CC(O)C2)c1. The molecule has 1 aromatic carbocycles. The lowest BCUT2D eigenvalue weighted by molar-refractivity contribution is -0.136. The van der Waals surface area contributed by atoms with E-state index in [0.717, 1.165) is 37.8 Å². The van der Waals surface area contributed by atoms with Gasteiger partial charge in [0.05, 0.1) is 17.7 Å². The third kappa shape index (κ3) is 4.14. The normalized spacial score (nSPS) is 23.0. The second kappa shape index (κ2) is 7.78. The van der Waals surface area contributed by atoms with Gasteiger partial charge in [0.25, 0.3) is 0 Å². The molecule has 1 aliphatic carbocycles. The first-order valence-electron chi connectivity index (χ1n) is 8.84. The van der Waals surface area contributed by atoms with Crippen molar-refractivity contribution in [2.24, 2.45) is 5.92 Å². The molecule has 24 heavy (non-hydrogen) atoms. The van der Waals surface area contributed by atoms with Crippen molar-refractivity contribution in [1.82, 2.24) is 9.80 Å². The first-order valence-corrected chi connectivity index (χ1v) is 8.84. The van der Waals surface area contributed by atoms with E-state index in [1.807, 2.05) is 23.1 Å². The molecule has 0 radical (unpaired) electrons. The summed E-state index contributed by atoms with van der Waals surface area (Å²) in [6.07, 6.45) is 3.77. The van der Waals surface area contributed by atoms with Crippen molar-refractivity contribution in [3.8, 4) is 6.07 Å². The van der Waals surface area contributed by atoms with E-state index in [9.17, 15) is 9.90 Å². The van der Waals surface area contributed by atoms with Crippen molar-refractivity contribution in [1.29, 1.82) is 5.26 Å². The zero-order valence-electron chi connectivity index (χ0n) is 14.0. The van der Waals surface area contributed by atoms with E-state index in [0.29, 0.717) is 31.7 Å². The molecule has 1 heterocycles. The summed E-state index contributed by atoms with van der Waals surface area (Å²) >= 11 is 0. The Labute approximate surface area is 143 Å². The number of amides is 1. The largest absolute Gasteiger partial charge is 0.390 e. The summed E-state index contributed by atoms with van der Waals surface area (Å²) in [5.74, 6) is 0.385. The van der Waals surface area contributed by atoms with Gasteiger partial charge in [0.1, 0.15) is 0 Å². The number of hydrogen-bond donors (Lipinski definition) is 1. The molecule has 0 aromatic heterocycles. The molecule has 1 amide bonds. The number of carbonyl (C=O) groups is 1. The van der Waals surface area contributed by atoms with Crippen molar-refractivity contribution in [2.75, 3.05) is 26.2 Å². The van der Waals surface area contributed by atoms with Crippen LogP contribution in [0.5, 0.6) is 0 Å². The summed E-state index contributed by atoms with van der Waals surface area (Å²) in [7, 11) is 0. The lowest BCUT2D eigenvalue weighted by Gasteiger charge is -2.25. The highest BCUT2D eigenvalue weighted by Gasteiger charge is 2.30. The van der Waals surface area contributed by atoms with Gasteiger partial charge in [-0.15, -0.1) is 0 Å². The second-order valence-corrected chi connectivity index (χ2v) is 6.97. The molecule has 1 saturated heterocycles. The van der Waals surface area contributed by atoms with Gasteiger partial charge in [-0.2, -0.15) is 5.26 Å². The molecule has 2 aliphatic rings. The molecular formula is C19H25N3O2. The van der Waals surface area contributed by atoms with Crippen molar-refractivity contribution in [3.05, 3.63) is 35.4 Å². The van der Waals surface area contributed by atoms with Gasteiger partial charge in [0.15, 0.2) is 0 Å². The maximum absolute atomic E-state index is 12.6. The first-order chi connectivity index (χ1) is 11.7. The Morgan fingerprint density at radius 1 is 1.25 bits per heavy atom. The smallest absolute Gasteiger partial charge is 0.225 e. The minimum Gasteiger partial charge on any atom is -0.390 e. The Hall–Kier alpha value is -1.90. The Balaban J connectivity index is 1.61. The van der Waals surface area contributed by atoms with Gasteiger partial charge in [0, 0.05) is 38.6 Å². The molecule has 1 unspecified atom stereocenters. The summed E-state index contributed by atoms with van der Waals surface area (Å²) in [6.45, 7) is 3.12. The van der Waals surface area contributed by atoms with Crippen molar-refractivity contribution >= 4 is 5.91 Å². The molecule has 3 rings (SSSR count). The van der Waals surface area contributed by atoms with Gasteiger partial charge < -0.3 is 10.0 Å². The van der Waals surface area contributed by atoms with Crippen LogP contribution in [-0.2, 0) is 11.3 Å². The number of benzene rings is 1. The standard InChI is InChI=1S/C19H25N3O2/c20-11-15-4-3-5-16(10-15)12-21-8-9-22(14-18(23)13-21)19(24)17-6-1-2-7-17/h3-5,10,17-18,23H,1-2,6-9,12-14H2. The fourth-order valence-corrected chi connectivity index (χ4v) is 3.83. The predicted molar refractivity (Wildman–Crippen MR) is 91.0 cm³/mol. The molecule has 128 valence electrons. The van der Waals surface area contributed by atoms with Gasteiger partial charge in [-0.05, 0) is 30.5 Å². The summed E-state index contributed by atoms with van der Waals surface area (Å²) < 4.78 is 0. The highest BCUT2D eigenvalue weighted by molar-refractivity contribution is 5.79. The number of β-amino-alcohol motifs (C(OH)–C–C–N with tert-alkyl or cyclic N) is 1. The topological polar surface area (TPSA) is 67.6 Å². The second-order valence-electron chi connectivity index (χ2n) is 6.97. The van der Waals surface area contributed by atoms with Crippen molar-refractivity contribution in [3.63, 3.8) is 0 Å². The summed E-state index contributed by atoms with van der Waals surface area (Å²) in [5.41, 5.74) is 1.72. The average Bonchev–Trinajstić information content (AvgIpc) is 3.06. The van der Waals surface area contributed by atoms with E-state index in [1.165, 1.54) is 0 Å². The van der Waals surface area contributed by atoms with Crippen LogP contribution in [0.25, 0.3) is 0 Å². The zero-order chi connectivity index (χ0) is 16.9. The van der Waals surface area contributed by atoms with E-state index in [1.54, 1.807) is 6.07 Å². The number of hydrogen-bond acceptors (Lipinski definition) is 4. The maximum atomic E-state index is 12.6. The van der Waals surface area contributed by atoms with Gasteiger partial charge >= 0.3 is 0 Å². The summed E-state index contributed by atoms with van der Waals surface area (Å²) in [6, 6.07) is 9.73. The minimum absolute atomic E-state index is 0.163. The van der Waals surface area contributed by atoms with E-state index < -0.39 is 6.10 Å². The molecule has 1 N–H and O–H groups in total. The van der Waals surface area contributed by atoms with Gasteiger partial charge in [0.2, 0.25) is 5.91 Å². The zero-order valence-corrected chi connectivity index (χ0v) is 14.0. The third-order valence-corrected chi connectivity index (χ3v) is 5.06. The fourth-order valence-electron chi connectivity index (χ4n) is 3.83. The number of nitriles is 1. The van der Waals surface area contributed by atoms with Crippen LogP contribution in [0.3, 0.4) is 0 Å². The Kier molecular flexibility index (Phi) is 5.49. The molecule has 5 nitrogen and oxygen atoms in total. The number of nitrogens with zero attached hydrogens (tertiary/aromatic N) is 3. The highest BCUT2D eigenvalue weighted by atomic mass is 16.3. The molecule has 5 heteroatoms. The highest BCUT2D eigenvalue weighted by Crippen LogP contribution is 2.27. The van der Waals surface area contributed by atoms with Crippen LogP contribution in [0.4, 0.5) is 0 Å². The first kappa shape index (κ1) is 16.9. The van der Waals surface area contributed by atoms with Crippen LogP contribution >= 0.6 is 0 Å². The number of aliphatic hydroxyl groups is 1. The van der Waals surface area contributed by atoms with E-state index in [2.05, 4.69) is 11.0 Å². The number of rotatable bonds is 3. The van der Waals surface area contributed by atoms with E-state index >= 15 is 0 Å². The minimum atomic E-state index is -0.517. The van der Waals surface area contributed by atoms with Gasteiger partial charge in [-0.25, -0.2) is 0 Å². The van der Waals surface area contributed by atoms with E-state index in [4.69, 9.17) is 5.26 Å². The molecule has 1 atom stereocenters. The molecule has 1 aliphatic heterocycles. The number of carbonyl (C=O) groups excluding carboxylic acids is 1. The van der Waals surface area contributed by atoms with Crippen LogP contribution in [-0.4, -0.2) is 53.1 Å². The molecule has 0 spiro atoms. The maximum Gasteiger partial charge on any atom is 0.225 e. The molecular weight excluding hydrogens is 302 g/mol. The monoisotopic (exact) mass is 327 g/mol. The van der Waals surface area contributed by atoms with Crippen molar-refractivity contribution in [2.45, 2.75) is 38.3 Å². The average molecular weight is 327 g/mol. The Morgan fingerprint density at radius 2 is 2.04 bits per heavy atom. The summed E-state index contributed by atoms with van der Waals surface area (Å²) in [5, 5.41) is 19.3. The van der Waals surface area contributed by atoms with E-state index in [-0.39, 0.29) is 11.8 Å². The van der Waals surface area contributed by atoms with Crippen LogP contribution in [0.1, 0.15) is 36.8 Å². The molecule has 1 aromatic rings. The Bertz CT molecular complexity index is 619. The van der Waals surface area contributed by atoms with Gasteiger partial charge in [-0.1, -0.05) is 25.0 Å². The Morgan fingerprint density at radius 3 is 2.79 bits per heavy atom. The predicted octanol–water partition coefficient (Wildman–Crippen LogP) is 1.75.